The maximum Gasteiger partial charge on any atom is 0.243 e. The number of anilines is 1. The third kappa shape index (κ3) is 4.43. The van der Waals surface area contributed by atoms with Crippen LogP contribution in [0.1, 0.15) is 26.7 Å². The molecule has 0 radical (unpaired) electrons. The van der Waals surface area contributed by atoms with Gasteiger partial charge in [0.1, 0.15) is 6.04 Å². The number of hydrogen-bond donors (Lipinski definition) is 1. The van der Waals surface area contributed by atoms with Gasteiger partial charge in [-0.15, -0.1) is 0 Å². The fourth-order valence-corrected chi connectivity index (χ4v) is 5.70. The Labute approximate surface area is 155 Å². The van der Waals surface area contributed by atoms with Crippen molar-refractivity contribution in [2.45, 2.75) is 37.6 Å². The molecule has 0 saturated carbocycles. The van der Waals surface area contributed by atoms with E-state index in [0.29, 0.717) is 38.2 Å². The zero-order valence-corrected chi connectivity index (χ0v) is 16.8. The SMILES string of the molecule is CCN(CC)S(=O)(=O)c1cccc(NC(=O)C2CCCN2S(C)(=O)=O)c1. The minimum absolute atomic E-state index is 0.0883. The lowest BCUT2D eigenvalue weighted by atomic mass is 10.2. The highest BCUT2D eigenvalue weighted by Gasteiger charge is 2.36. The molecule has 1 fully saturated rings. The molecule has 1 aliphatic heterocycles. The second kappa shape index (κ2) is 8.03. The van der Waals surface area contributed by atoms with E-state index >= 15 is 0 Å². The number of sulfonamides is 2. The fraction of sp³-hybridized carbons (Fsp3) is 0.562. The van der Waals surface area contributed by atoms with Gasteiger partial charge in [-0.3, -0.25) is 4.79 Å². The van der Waals surface area contributed by atoms with Gasteiger partial charge in [0.05, 0.1) is 11.2 Å². The van der Waals surface area contributed by atoms with Crippen molar-refractivity contribution in [3.63, 3.8) is 0 Å². The molecule has 26 heavy (non-hydrogen) atoms. The van der Waals surface area contributed by atoms with E-state index in [9.17, 15) is 21.6 Å². The molecule has 0 aromatic heterocycles. The van der Waals surface area contributed by atoms with Gasteiger partial charge in [-0.05, 0) is 31.0 Å². The Kier molecular flexibility index (Phi) is 6.43. The van der Waals surface area contributed by atoms with Gasteiger partial charge in [-0.1, -0.05) is 19.9 Å². The summed E-state index contributed by atoms with van der Waals surface area (Å²) in [5, 5.41) is 2.65. The molecule has 10 heteroatoms. The molecule has 8 nitrogen and oxygen atoms in total. The molecule has 1 heterocycles. The summed E-state index contributed by atoms with van der Waals surface area (Å²) >= 11 is 0. The third-order valence-corrected chi connectivity index (χ3v) is 7.71. The molecule has 1 aromatic carbocycles. The van der Waals surface area contributed by atoms with Crippen molar-refractivity contribution in [2.24, 2.45) is 0 Å². The first-order chi connectivity index (χ1) is 12.1. The quantitative estimate of drug-likeness (QED) is 0.734. The molecule has 0 spiro atoms. The first-order valence-corrected chi connectivity index (χ1v) is 11.8. The molecule has 1 saturated heterocycles. The van der Waals surface area contributed by atoms with Gasteiger partial charge < -0.3 is 5.32 Å². The van der Waals surface area contributed by atoms with Crippen molar-refractivity contribution >= 4 is 31.6 Å². The summed E-state index contributed by atoms with van der Waals surface area (Å²) in [4.78, 5) is 12.6. The topological polar surface area (TPSA) is 104 Å². The van der Waals surface area contributed by atoms with E-state index in [0.717, 1.165) is 6.26 Å². The monoisotopic (exact) mass is 403 g/mol. The standard InChI is InChI=1S/C16H25N3O5S2/c1-4-18(5-2)26(23,24)14-9-6-8-13(12-14)17-16(20)15-10-7-11-19(15)25(3,21)22/h6,8-9,12,15H,4-5,7,10-11H2,1-3H3,(H,17,20). The molecule has 1 atom stereocenters. The van der Waals surface area contributed by atoms with Crippen molar-refractivity contribution in [3.05, 3.63) is 24.3 Å². The van der Waals surface area contributed by atoms with Crippen LogP contribution < -0.4 is 5.32 Å². The Bertz CT molecular complexity index is 864. The predicted molar refractivity (Wildman–Crippen MR) is 99.8 cm³/mol. The van der Waals surface area contributed by atoms with Crippen LogP contribution in [0.5, 0.6) is 0 Å². The summed E-state index contributed by atoms with van der Waals surface area (Å²) < 4.78 is 51.3. The molecule has 1 unspecified atom stereocenters. The van der Waals surface area contributed by atoms with E-state index in [1.54, 1.807) is 26.0 Å². The highest BCUT2D eigenvalue weighted by molar-refractivity contribution is 7.89. The number of benzene rings is 1. The minimum Gasteiger partial charge on any atom is -0.325 e. The molecular formula is C16H25N3O5S2. The van der Waals surface area contributed by atoms with Crippen LogP contribution in [0.3, 0.4) is 0 Å². The lowest BCUT2D eigenvalue weighted by Crippen LogP contribution is -2.42. The van der Waals surface area contributed by atoms with Crippen LogP contribution in [-0.4, -0.2) is 63.3 Å². The van der Waals surface area contributed by atoms with Crippen LogP contribution in [0.4, 0.5) is 5.69 Å². The van der Waals surface area contributed by atoms with Gasteiger partial charge in [0.25, 0.3) is 0 Å². The van der Waals surface area contributed by atoms with Gasteiger partial charge in [0, 0.05) is 25.3 Å². The van der Waals surface area contributed by atoms with Crippen LogP contribution in [0.15, 0.2) is 29.2 Å². The molecular weight excluding hydrogens is 378 g/mol. The van der Waals surface area contributed by atoms with Crippen LogP contribution in [0, 0.1) is 0 Å². The molecule has 146 valence electrons. The summed E-state index contributed by atoms with van der Waals surface area (Å²) in [6.07, 6.45) is 2.13. The Morgan fingerprint density at radius 3 is 2.46 bits per heavy atom. The molecule has 1 amide bonds. The van der Waals surface area contributed by atoms with E-state index in [-0.39, 0.29) is 4.90 Å². The van der Waals surface area contributed by atoms with Crippen LogP contribution in [0.25, 0.3) is 0 Å². The fourth-order valence-electron chi connectivity index (χ4n) is 3.07. The second-order valence-electron chi connectivity index (χ2n) is 6.14. The van der Waals surface area contributed by atoms with E-state index in [2.05, 4.69) is 5.32 Å². The number of amides is 1. The van der Waals surface area contributed by atoms with E-state index in [4.69, 9.17) is 0 Å². The number of nitrogens with one attached hydrogen (secondary N) is 1. The van der Waals surface area contributed by atoms with Crippen LogP contribution >= 0.6 is 0 Å². The minimum atomic E-state index is -3.64. The molecule has 0 aliphatic carbocycles. The molecule has 1 N–H and O–H groups in total. The maximum absolute atomic E-state index is 12.6. The Morgan fingerprint density at radius 1 is 1.23 bits per heavy atom. The molecule has 2 rings (SSSR count). The summed E-state index contributed by atoms with van der Waals surface area (Å²) in [6, 6.07) is 5.23. The summed E-state index contributed by atoms with van der Waals surface area (Å²) in [7, 11) is -7.11. The Morgan fingerprint density at radius 2 is 1.88 bits per heavy atom. The van der Waals surface area contributed by atoms with E-state index < -0.39 is 32.0 Å². The van der Waals surface area contributed by atoms with E-state index in [1.807, 2.05) is 0 Å². The number of carbonyl (C=O) groups excluding carboxylic acids is 1. The first kappa shape index (κ1) is 20.8. The summed E-state index contributed by atoms with van der Waals surface area (Å²) in [6.45, 7) is 4.52. The molecule has 0 bridgehead atoms. The van der Waals surface area contributed by atoms with Gasteiger partial charge in [0.15, 0.2) is 0 Å². The summed E-state index contributed by atoms with van der Waals surface area (Å²) in [5.41, 5.74) is 0.323. The zero-order chi connectivity index (χ0) is 19.5. The number of carbonyl (C=O) groups is 1. The smallest absolute Gasteiger partial charge is 0.243 e. The van der Waals surface area contributed by atoms with Gasteiger partial charge >= 0.3 is 0 Å². The lowest BCUT2D eigenvalue weighted by Gasteiger charge is -2.22. The lowest BCUT2D eigenvalue weighted by molar-refractivity contribution is -0.119. The maximum atomic E-state index is 12.6. The summed E-state index contributed by atoms with van der Waals surface area (Å²) in [5.74, 6) is -0.453. The average Bonchev–Trinajstić information content (AvgIpc) is 3.06. The average molecular weight is 404 g/mol. The normalized spacial score (nSPS) is 19.0. The number of rotatable bonds is 7. The predicted octanol–water partition coefficient (Wildman–Crippen LogP) is 1.08. The first-order valence-electron chi connectivity index (χ1n) is 8.49. The van der Waals surface area contributed by atoms with Crippen LogP contribution in [-0.2, 0) is 24.8 Å². The van der Waals surface area contributed by atoms with Crippen molar-refractivity contribution in [1.82, 2.24) is 8.61 Å². The number of nitrogens with zero attached hydrogens (tertiary/aromatic N) is 2. The van der Waals surface area contributed by atoms with Crippen LogP contribution in [0.2, 0.25) is 0 Å². The number of hydrogen-bond acceptors (Lipinski definition) is 5. The Balaban J connectivity index is 2.22. The van der Waals surface area contributed by atoms with Crippen molar-refractivity contribution in [3.8, 4) is 0 Å². The van der Waals surface area contributed by atoms with E-state index in [1.165, 1.54) is 20.7 Å². The van der Waals surface area contributed by atoms with Crippen molar-refractivity contribution < 1.29 is 21.6 Å². The third-order valence-electron chi connectivity index (χ3n) is 4.38. The zero-order valence-electron chi connectivity index (χ0n) is 15.2. The molecule has 1 aliphatic rings. The van der Waals surface area contributed by atoms with Crippen molar-refractivity contribution in [2.75, 3.05) is 31.2 Å². The Hall–Kier alpha value is -1.49. The van der Waals surface area contributed by atoms with Gasteiger partial charge in [0.2, 0.25) is 26.0 Å². The highest BCUT2D eigenvalue weighted by Crippen LogP contribution is 2.23. The van der Waals surface area contributed by atoms with Gasteiger partial charge in [-0.25, -0.2) is 16.8 Å². The molecule has 1 aromatic rings. The highest BCUT2D eigenvalue weighted by atomic mass is 32.2. The van der Waals surface area contributed by atoms with Gasteiger partial charge in [-0.2, -0.15) is 8.61 Å². The second-order valence-corrected chi connectivity index (χ2v) is 10.0. The van der Waals surface area contributed by atoms with Crippen molar-refractivity contribution in [1.29, 1.82) is 0 Å². The largest absolute Gasteiger partial charge is 0.325 e.